The summed E-state index contributed by atoms with van der Waals surface area (Å²) in [6, 6.07) is 11.3. The highest BCUT2D eigenvalue weighted by molar-refractivity contribution is 7.90. The fraction of sp³-hybridized carbons (Fsp3) is 0.158. The van der Waals surface area contributed by atoms with Gasteiger partial charge in [0.15, 0.2) is 9.84 Å². The quantitative estimate of drug-likeness (QED) is 0.302. The van der Waals surface area contributed by atoms with E-state index in [2.05, 4.69) is 25.6 Å². The number of pyridine rings is 1. The van der Waals surface area contributed by atoms with E-state index in [-0.39, 0.29) is 22.2 Å². The van der Waals surface area contributed by atoms with Crippen LogP contribution in [0.2, 0.25) is 0 Å². The first kappa shape index (κ1) is 21.6. The third-order valence-electron chi connectivity index (χ3n) is 4.12. The van der Waals surface area contributed by atoms with Gasteiger partial charge in [-0.2, -0.15) is 5.26 Å². The minimum Gasteiger partial charge on any atom is -0.368 e. The maximum atomic E-state index is 12.1. The highest BCUT2D eigenvalue weighted by Gasteiger charge is 2.18. The molecule has 0 atom stereocenters. The van der Waals surface area contributed by atoms with Crippen molar-refractivity contribution < 1.29 is 13.3 Å². The van der Waals surface area contributed by atoms with Gasteiger partial charge >= 0.3 is 0 Å². The highest BCUT2D eigenvalue weighted by atomic mass is 32.2. The molecule has 2 N–H and O–H groups in total. The molecule has 0 bridgehead atoms. The summed E-state index contributed by atoms with van der Waals surface area (Å²) in [5, 5.41) is 25.6. The summed E-state index contributed by atoms with van der Waals surface area (Å²) >= 11 is 0. The van der Waals surface area contributed by atoms with Gasteiger partial charge in [0, 0.05) is 31.0 Å². The largest absolute Gasteiger partial charge is 0.368 e. The molecule has 0 amide bonds. The molecule has 0 fully saturated rings. The van der Waals surface area contributed by atoms with E-state index < -0.39 is 14.8 Å². The summed E-state index contributed by atoms with van der Waals surface area (Å²) in [4.78, 5) is 22.5. The number of sulfone groups is 1. The van der Waals surface area contributed by atoms with Crippen molar-refractivity contribution in [1.82, 2.24) is 15.0 Å². The van der Waals surface area contributed by atoms with Crippen LogP contribution in [0.15, 0.2) is 53.7 Å². The molecular weight excluding hydrogens is 422 g/mol. The maximum absolute atomic E-state index is 12.1. The summed E-state index contributed by atoms with van der Waals surface area (Å²) in [5.41, 5.74) is 1.12. The second-order valence-corrected chi connectivity index (χ2v) is 8.36. The van der Waals surface area contributed by atoms with E-state index in [4.69, 9.17) is 5.26 Å². The van der Waals surface area contributed by atoms with E-state index >= 15 is 0 Å². The van der Waals surface area contributed by atoms with Crippen molar-refractivity contribution in [3.05, 3.63) is 64.5 Å². The predicted molar refractivity (Wildman–Crippen MR) is 113 cm³/mol. The Morgan fingerprint density at radius 1 is 1.06 bits per heavy atom. The zero-order chi connectivity index (χ0) is 22.4. The molecule has 11 nitrogen and oxygen atoms in total. The highest BCUT2D eigenvalue weighted by Crippen LogP contribution is 2.26. The normalized spacial score (nSPS) is 10.8. The van der Waals surface area contributed by atoms with Crippen LogP contribution in [0, 0.1) is 21.4 Å². The van der Waals surface area contributed by atoms with Crippen molar-refractivity contribution in [2.45, 2.75) is 4.90 Å². The molecule has 0 spiro atoms. The Morgan fingerprint density at radius 2 is 1.77 bits per heavy atom. The van der Waals surface area contributed by atoms with E-state index in [1.54, 1.807) is 24.3 Å². The molecule has 0 unspecified atom stereocenters. The predicted octanol–water partition coefficient (Wildman–Crippen LogP) is 2.25. The van der Waals surface area contributed by atoms with Crippen molar-refractivity contribution in [2.24, 2.45) is 0 Å². The number of nitrogens with one attached hydrogen (secondary N) is 2. The van der Waals surface area contributed by atoms with E-state index in [0.29, 0.717) is 30.0 Å². The average Bonchev–Trinajstić information content (AvgIpc) is 2.76. The summed E-state index contributed by atoms with van der Waals surface area (Å²) in [5.74, 6) is 0.698. The number of hydrogen-bond acceptors (Lipinski definition) is 10. The number of anilines is 2. The lowest BCUT2D eigenvalue weighted by Crippen LogP contribution is -2.16. The third-order valence-corrected chi connectivity index (χ3v) is 5.21. The van der Waals surface area contributed by atoms with E-state index in [1.807, 2.05) is 6.07 Å². The van der Waals surface area contributed by atoms with Gasteiger partial charge in [-0.1, -0.05) is 12.1 Å². The molecule has 158 valence electrons. The molecule has 0 radical (unpaired) electrons. The molecule has 3 rings (SSSR count). The van der Waals surface area contributed by atoms with Gasteiger partial charge < -0.3 is 10.6 Å². The first-order valence-corrected chi connectivity index (χ1v) is 10.8. The van der Waals surface area contributed by atoms with E-state index in [0.717, 1.165) is 12.5 Å². The molecule has 0 aliphatic rings. The van der Waals surface area contributed by atoms with Crippen molar-refractivity contribution in [2.75, 3.05) is 30.0 Å². The maximum Gasteiger partial charge on any atom is 0.287 e. The first-order chi connectivity index (χ1) is 14.8. The number of aromatic nitrogens is 3. The van der Waals surface area contributed by atoms with Gasteiger partial charge in [-0.25, -0.2) is 23.4 Å². The Morgan fingerprint density at radius 3 is 2.35 bits per heavy atom. The summed E-state index contributed by atoms with van der Waals surface area (Å²) in [6.07, 6.45) is 3.48. The van der Waals surface area contributed by atoms with Crippen molar-refractivity contribution in [3.63, 3.8) is 0 Å². The Bertz CT molecular complexity index is 1240. The number of nitriles is 1. The van der Waals surface area contributed by atoms with Crippen LogP contribution in [0.3, 0.4) is 0 Å². The first-order valence-electron chi connectivity index (χ1n) is 8.94. The molecule has 0 aliphatic carbocycles. The molecule has 12 heteroatoms. The van der Waals surface area contributed by atoms with Crippen LogP contribution in [-0.4, -0.2) is 47.6 Å². The number of rotatable bonds is 8. The minimum absolute atomic E-state index is 0.0176. The van der Waals surface area contributed by atoms with Gasteiger partial charge in [0.2, 0.25) is 5.95 Å². The summed E-state index contributed by atoms with van der Waals surface area (Å²) in [7, 11) is -3.57. The van der Waals surface area contributed by atoms with Crippen LogP contribution in [0.25, 0.3) is 11.3 Å². The Labute approximate surface area is 177 Å². The fourth-order valence-electron chi connectivity index (χ4n) is 2.60. The van der Waals surface area contributed by atoms with Gasteiger partial charge in [-0.05, 0) is 18.2 Å². The molecular formula is C19H17N7O4S. The third kappa shape index (κ3) is 5.49. The SMILES string of the molecule is CS(=O)(=O)c1cnc(NCCNc2ccc([N+](=O)[O-])cn2)nc1-c1ccc(C#N)cc1. The van der Waals surface area contributed by atoms with Crippen molar-refractivity contribution >= 4 is 27.3 Å². The van der Waals surface area contributed by atoms with Crippen LogP contribution >= 0.6 is 0 Å². The topological polar surface area (TPSA) is 164 Å². The smallest absolute Gasteiger partial charge is 0.287 e. The van der Waals surface area contributed by atoms with E-state index in [9.17, 15) is 18.5 Å². The molecule has 0 saturated carbocycles. The van der Waals surface area contributed by atoms with Crippen LogP contribution in [-0.2, 0) is 9.84 Å². The molecule has 1 aromatic carbocycles. The van der Waals surface area contributed by atoms with Crippen LogP contribution < -0.4 is 10.6 Å². The van der Waals surface area contributed by atoms with E-state index in [1.165, 1.54) is 18.3 Å². The molecule has 0 aliphatic heterocycles. The molecule has 2 aromatic heterocycles. The lowest BCUT2D eigenvalue weighted by atomic mass is 10.1. The number of nitrogens with zero attached hydrogens (tertiary/aromatic N) is 5. The molecule has 31 heavy (non-hydrogen) atoms. The van der Waals surface area contributed by atoms with Gasteiger partial charge in [0.1, 0.15) is 16.9 Å². The van der Waals surface area contributed by atoms with Crippen molar-refractivity contribution in [3.8, 4) is 17.3 Å². The number of hydrogen-bond donors (Lipinski definition) is 2. The van der Waals surface area contributed by atoms with Gasteiger partial charge in [0.25, 0.3) is 5.69 Å². The molecule has 2 heterocycles. The second-order valence-electron chi connectivity index (χ2n) is 6.38. The number of benzene rings is 1. The summed E-state index contributed by atoms with van der Waals surface area (Å²) < 4.78 is 24.3. The lowest BCUT2D eigenvalue weighted by Gasteiger charge is -2.11. The standard InChI is InChI=1S/C19H17N7O4S/c1-31(29,30)16-12-24-19(25-18(16)14-4-2-13(10-20)3-5-14)22-9-8-21-17-7-6-15(11-23-17)26(27)28/h2-7,11-12H,8-9H2,1H3,(H,21,23)(H,22,24,25). The monoisotopic (exact) mass is 439 g/mol. The number of nitro groups is 1. The van der Waals surface area contributed by atoms with Gasteiger partial charge in [0.05, 0.1) is 28.4 Å². The Hall–Kier alpha value is -4.11. The molecule has 3 aromatic rings. The van der Waals surface area contributed by atoms with Crippen LogP contribution in [0.1, 0.15) is 5.56 Å². The Balaban J connectivity index is 1.71. The average molecular weight is 439 g/mol. The summed E-state index contributed by atoms with van der Waals surface area (Å²) in [6.45, 7) is 0.790. The molecule has 0 saturated heterocycles. The fourth-order valence-corrected chi connectivity index (χ4v) is 3.36. The lowest BCUT2D eigenvalue weighted by molar-refractivity contribution is -0.385. The zero-order valence-electron chi connectivity index (χ0n) is 16.3. The Kier molecular flexibility index (Phi) is 6.37. The van der Waals surface area contributed by atoms with Crippen LogP contribution in [0.4, 0.5) is 17.5 Å². The minimum atomic E-state index is -3.57. The van der Waals surface area contributed by atoms with Gasteiger partial charge in [-0.15, -0.1) is 0 Å². The van der Waals surface area contributed by atoms with Gasteiger partial charge in [-0.3, -0.25) is 10.1 Å². The zero-order valence-corrected chi connectivity index (χ0v) is 17.1. The van der Waals surface area contributed by atoms with Crippen molar-refractivity contribution in [1.29, 1.82) is 5.26 Å². The second kappa shape index (κ2) is 9.14. The van der Waals surface area contributed by atoms with Crippen LogP contribution in [0.5, 0.6) is 0 Å².